The third-order valence-electron chi connectivity index (χ3n) is 4.38. The molecule has 1 heterocycles. The van der Waals surface area contributed by atoms with Gasteiger partial charge in [0.1, 0.15) is 0 Å². The Morgan fingerprint density at radius 1 is 1.05 bits per heavy atom. The smallest absolute Gasteiger partial charge is 0.323 e. The number of hydrazine groups is 1. The molecule has 1 aliphatic carbocycles. The molecular weight excluding hydrogens is 256 g/mol. The molecule has 2 rings (SSSR count). The van der Waals surface area contributed by atoms with Crippen molar-refractivity contribution in [2.45, 2.75) is 53.7 Å². The van der Waals surface area contributed by atoms with Crippen LogP contribution in [0.5, 0.6) is 6.01 Å². The van der Waals surface area contributed by atoms with Crippen molar-refractivity contribution in [2.24, 2.45) is 16.7 Å². The zero-order valence-electron chi connectivity index (χ0n) is 13.0. The van der Waals surface area contributed by atoms with Crippen molar-refractivity contribution in [1.29, 1.82) is 0 Å². The predicted molar refractivity (Wildman–Crippen MR) is 78.4 cm³/mol. The topological polar surface area (TPSA) is 98.0 Å². The van der Waals surface area contributed by atoms with E-state index in [2.05, 4.69) is 53.4 Å². The van der Waals surface area contributed by atoms with E-state index >= 15 is 0 Å². The maximum atomic E-state index is 5.51. The lowest BCUT2D eigenvalue weighted by Gasteiger charge is -2.11. The number of hydrogen-bond acceptors (Lipinski definition) is 7. The summed E-state index contributed by atoms with van der Waals surface area (Å²) in [6, 6.07) is 0.566. The molecule has 0 saturated heterocycles. The standard InChI is InChI=1S/C13H24N6O/c1-7(2)20-11-17-9(16-10(18-11)19-14)15-8-12(3,4)13(8,5)6/h7-8H,14H2,1-6H3,(H2,15,16,17,18,19). The summed E-state index contributed by atoms with van der Waals surface area (Å²) in [6.45, 7) is 12.7. The van der Waals surface area contributed by atoms with Gasteiger partial charge in [0, 0.05) is 6.04 Å². The van der Waals surface area contributed by atoms with Crippen molar-refractivity contribution in [3.05, 3.63) is 0 Å². The number of hydrogen-bond donors (Lipinski definition) is 3. The van der Waals surface area contributed by atoms with E-state index in [0.29, 0.717) is 12.0 Å². The second kappa shape index (κ2) is 4.73. The Labute approximate surface area is 119 Å². The zero-order valence-corrected chi connectivity index (χ0v) is 13.0. The Balaban J connectivity index is 2.20. The summed E-state index contributed by atoms with van der Waals surface area (Å²) >= 11 is 0. The van der Waals surface area contributed by atoms with Crippen LogP contribution in [0.2, 0.25) is 0 Å². The summed E-state index contributed by atoms with van der Waals surface area (Å²) in [6.07, 6.45) is -0.00955. The molecule has 1 fully saturated rings. The highest BCUT2D eigenvalue weighted by Gasteiger charge is 2.65. The van der Waals surface area contributed by atoms with Gasteiger partial charge in [0.2, 0.25) is 11.9 Å². The molecule has 0 atom stereocenters. The van der Waals surface area contributed by atoms with Crippen molar-refractivity contribution in [3.8, 4) is 6.01 Å². The van der Waals surface area contributed by atoms with E-state index in [1.165, 1.54) is 0 Å². The van der Waals surface area contributed by atoms with E-state index in [1.54, 1.807) is 0 Å². The van der Waals surface area contributed by atoms with Crippen LogP contribution < -0.4 is 21.3 Å². The highest BCUT2D eigenvalue weighted by atomic mass is 16.5. The number of anilines is 2. The summed E-state index contributed by atoms with van der Waals surface area (Å²) in [5.41, 5.74) is 2.81. The average molecular weight is 280 g/mol. The van der Waals surface area contributed by atoms with Crippen molar-refractivity contribution < 1.29 is 4.74 Å². The highest BCUT2D eigenvalue weighted by molar-refractivity contribution is 5.40. The van der Waals surface area contributed by atoms with Crippen LogP contribution in [0, 0.1) is 10.8 Å². The van der Waals surface area contributed by atoms with Crippen molar-refractivity contribution >= 4 is 11.9 Å². The molecule has 7 heteroatoms. The molecule has 0 unspecified atom stereocenters. The third kappa shape index (κ3) is 2.49. The van der Waals surface area contributed by atoms with Crippen molar-refractivity contribution in [2.75, 3.05) is 10.7 Å². The van der Waals surface area contributed by atoms with Crippen LogP contribution in [0.3, 0.4) is 0 Å². The fraction of sp³-hybridized carbons (Fsp3) is 0.769. The van der Waals surface area contributed by atoms with Crippen LogP contribution in [-0.4, -0.2) is 27.1 Å². The van der Waals surface area contributed by atoms with E-state index in [9.17, 15) is 0 Å². The van der Waals surface area contributed by atoms with Gasteiger partial charge in [-0.25, -0.2) is 5.84 Å². The Morgan fingerprint density at radius 3 is 2.05 bits per heavy atom. The molecule has 0 radical (unpaired) electrons. The van der Waals surface area contributed by atoms with Crippen LogP contribution in [-0.2, 0) is 0 Å². The first-order valence-corrected chi connectivity index (χ1v) is 6.84. The number of nitrogens with zero attached hydrogens (tertiary/aromatic N) is 3. The quantitative estimate of drug-likeness (QED) is 0.558. The number of nitrogen functional groups attached to an aromatic ring is 1. The van der Waals surface area contributed by atoms with E-state index in [1.807, 2.05) is 13.8 Å². The molecule has 0 aromatic carbocycles. The lowest BCUT2D eigenvalue weighted by Crippen LogP contribution is -2.18. The van der Waals surface area contributed by atoms with Gasteiger partial charge < -0.3 is 10.1 Å². The maximum Gasteiger partial charge on any atom is 0.323 e. The Morgan fingerprint density at radius 2 is 1.60 bits per heavy atom. The summed E-state index contributed by atoms with van der Waals surface area (Å²) in [4.78, 5) is 12.6. The van der Waals surface area contributed by atoms with E-state index in [4.69, 9.17) is 10.6 Å². The molecule has 1 aromatic heterocycles. The average Bonchev–Trinajstić information content (AvgIpc) is 2.70. The van der Waals surface area contributed by atoms with Gasteiger partial charge in [-0.2, -0.15) is 15.0 Å². The molecule has 0 amide bonds. The Kier molecular flexibility index (Phi) is 3.49. The van der Waals surface area contributed by atoms with Gasteiger partial charge in [-0.3, -0.25) is 5.43 Å². The number of nitrogens with one attached hydrogen (secondary N) is 2. The molecule has 112 valence electrons. The lowest BCUT2D eigenvalue weighted by molar-refractivity contribution is 0.222. The zero-order chi connectivity index (χ0) is 15.1. The lowest BCUT2D eigenvalue weighted by atomic mass is 10.0. The molecule has 4 N–H and O–H groups in total. The molecular formula is C13H24N6O. The minimum Gasteiger partial charge on any atom is -0.461 e. The third-order valence-corrected chi connectivity index (χ3v) is 4.38. The molecule has 1 aromatic rings. The van der Waals surface area contributed by atoms with Gasteiger partial charge in [-0.05, 0) is 24.7 Å². The van der Waals surface area contributed by atoms with E-state index in [0.717, 1.165) is 0 Å². The minimum atomic E-state index is -0.00955. The number of rotatable bonds is 5. The van der Waals surface area contributed by atoms with Crippen LogP contribution in [0.4, 0.5) is 11.9 Å². The van der Waals surface area contributed by atoms with Crippen molar-refractivity contribution in [1.82, 2.24) is 15.0 Å². The van der Waals surface area contributed by atoms with Gasteiger partial charge >= 0.3 is 6.01 Å². The Hall–Kier alpha value is -1.63. The van der Waals surface area contributed by atoms with Gasteiger partial charge in [0.15, 0.2) is 0 Å². The van der Waals surface area contributed by atoms with Crippen LogP contribution in [0.25, 0.3) is 0 Å². The molecule has 1 saturated carbocycles. The first kappa shape index (κ1) is 14.8. The first-order chi connectivity index (χ1) is 9.18. The van der Waals surface area contributed by atoms with Gasteiger partial charge in [0.25, 0.3) is 0 Å². The van der Waals surface area contributed by atoms with Gasteiger partial charge in [-0.15, -0.1) is 0 Å². The van der Waals surface area contributed by atoms with E-state index in [-0.39, 0.29) is 28.9 Å². The van der Waals surface area contributed by atoms with Crippen LogP contribution in [0.15, 0.2) is 0 Å². The molecule has 1 aliphatic rings. The van der Waals surface area contributed by atoms with Crippen LogP contribution >= 0.6 is 0 Å². The summed E-state index contributed by atoms with van der Waals surface area (Å²) in [7, 11) is 0. The van der Waals surface area contributed by atoms with Gasteiger partial charge in [0.05, 0.1) is 6.10 Å². The normalized spacial score (nSPS) is 19.8. The largest absolute Gasteiger partial charge is 0.461 e. The second-order valence-electron chi connectivity index (χ2n) is 6.60. The highest BCUT2D eigenvalue weighted by Crippen LogP contribution is 2.63. The minimum absolute atomic E-state index is 0.00955. The van der Waals surface area contributed by atoms with Crippen molar-refractivity contribution in [3.63, 3.8) is 0 Å². The molecule has 0 bridgehead atoms. The summed E-state index contributed by atoms with van der Waals surface area (Å²) in [5.74, 6) is 6.15. The monoisotopic (exact) mass is 280 g/mol. The van der Waals surface area contributed by atoms with E-state index < -0.39 is 0 Å². The number of ether oxygens (including phenoxy) is 1. The fourth-order valence-electron chi connectivity index (χ4n) is 2.44. The Bertz CT molecular complexity index is 486. The van der Waals surface area contributed by atoms with Crippen LogP contribution in [0.1, 0.15) is 41.5 Å². The second-order valence-corrected chi connectivity index (χ2v) is 6.60. The SMILES string of the molecule is CC(C)Oc1nc(NN)nc(NC2C(C)(C)C2(C)C)n1. The molecule has 0 spiro atoms. The summed E-state index contributed by atoms with van der Waals surface area (Å²) < 4.78 is 5.51. The number of aromatic nitrogens is 3. The summed E-state index contributed by atoms with van der Waals surface area (Å²) in [5, 5.41) is 3.35. The molecule has 0 aliphatic heterocycles. The fourth-order valence-corrected chi connectivity index (χ4v) is 2.44. The maximum absolute atomic E-state index is 5.51. The van der Waals surface area contributed by atoms with Gasteiger partial charge in [-0.1, -0.05) is 27.7 Å². The molecule has 20 heavy (non-hydrogen) atoms. The first-order valence-electron chi connectivity index (χ1n) is 6.84. The number of nitrogens with two attached hydrogens (primary N) is 1. The predicted octanol–water partition coefficient (Wildman–Crippen LogP) is 1.79. The molecule has 7 nitrogen and oxygen atoms in total.